The van der Waals surface area contributed by atoms with Crippen molar-refractivity contribution in [3.05, 3.63) is 47.3 Å². The fourth-order valence-corrected chi connectivity index (χ4v) is 3.05. The molecule has 6 nitrogen and oxygen atoms in total. The molecule has 1 saturated carbocycles. The Morgan fingerprint density at radius 2 is 1.88 bits per heavy atom. The first-order chi connectivity index (χ1) is 12.0. The van der Waals surface area contributed by atoms with Gasteiger partial charge in [-0.2, -0.15) is 5.10 Å². The molecule has 2 aromatic rings. The Hall–Kier alpha value is -2.63. The molecule has 1 aromatic carbocycles. The molecule has 0 spiro atoms. The Morgan fingerprint density at radius 3 is 2.40 bits per heavy atom. The topological polar surface area (TPSA) is 76.0 Å². The SMILES string of the molecule is Cc1c(C(C)NC(=O)C(=O)Nc2ccc(C3CCC3)cc2)cnn1C. The summed E-state index contributed by atoms with van der Waals surface area (Å²) in [6.07, 6.45) is 5.47. The minimum absolute atomic E-state index is 0.284. The number of nitrogens with one attached hydrogen (secondary N) is 2. The van der Waals surface area contributed by atoms with Crippen LogP contribution in [0, 0.1) is 6.92 Å². The van der Waals surface area contributed by atoms with Crippen LogP contribution in [0.4, 0.5) is 5.69 Å². The van der Waals surface area contributed by atoms with Crippen molar-refractivity contribution < 1.29 is 9.59 Å². The van der Waals surface area contributed by atoms with Crippen LogP contribution in [-0.2, 0) is 16.6 Å². The highest BCUT2D eigenvalue weighted by molar-refractivity contribution is 6.39. The first-order valence-electron chi connectivity index (χ1n) is 8.66. The fraction of sp³-hybridized carbons (Fsp3) is 0.421. The van der Waals surface area contributed by atoms with Crippen LogP contribution in [0.15, 0.2) is 30.5 Å². The number of carbonyl (C=O) groups excluding carboxylic acids is 2. The smallest absolute Gasteiger partial charge is 0.313 e. The van der Waals surface area contributed by atoms with Crippen LogP contribution in [0.5, 0.6) is 0 Å². The van der Waals surface area contributed by atoms with Gasteiger partial charge in [0.25, 0.3) is 0 Å². The molecule has 0 saturated heterocycles. The second-order valence-corrected chi connectivity index (χ2v) is 6.71. The second kappa shape index (κ2) is 7.09. The molecule has 1 aliphatic rings. The molecule has 3 rings (SSSR count). The van der Waals surface area contributed by atoms with Crippen LogP contribution in [0.1, 0.15) is 55.0 Å². The molecule has 25 heavy (non-hydrogen) atoms. The Labute approximate surface area is 147 Å². The molecule has 1 atom stereocenters. The van der Waals surface area contributed by atoms with Gasteiger partial charge >= 0.3 is 11.8 Å². The molecule has 1 aliphatic carbocycles. The molecule has 2 N–H and O–H groups in total. The summed E-state index contributed by atoms with van der Waals surface area (Å²) in [5.74, 6) is -0.666. The molecular formula is C19H24N4O2. The van der Waals surface area contributed by atoms with Crippen LogP contribution in [0.2, 0.25) is 0 Å². The predicted octanol–water partition coefficient (Wildman–Crippen LogP) is 2.81. The lowest BCUT2D eigenvalue weighted by Crippen LogP contribution is -2.37. The Bertz CT molecular complexity index is 775. The highest BCUT2D eigenvalue weighted by Crippen LogP contribution is 2.36. The Kier molecular flexibility index (Phi) is 4.88. The molecule has 0 radical (unpaired) electrons. The molecular weight excluding hydrogens is 316 g/mol. The van der Waals surface area contributed by atoms with Crippen LogP contribution in [-0.4, -0.2) is 21.6 Å². The van der Waals surface area contributed by atoms with Crippen LogP contribution >= 0.6 is 0 Å². The van der Waals surface area contributed by atoms with Gasteiger partial charge in [-0.15, -0.1) is 0 Å². The van der Waals surface area contributed by atoms with Gasteiger partial charge in [-0.3, -0.25) is 14.3 Å². The van der Waals surface area contributed by atoms with Crippen LogP contribution in [0.3, 0.4) is 0 Å². The third-order valence-corrected chi connectivity index (χ3v) is 5.04. The van der Waals surface area contributed by atoms with E-state index in [1.54, 1.807) is 10.9 Å². The predicted molar refractivity (Wildman–Crippen MR) is 96.2 cm³/mol. The maximum absolute atomic E-state index is 12.1. The molecule has 1 aromatic heterocycles. The van der Waals surface area contributed by atoms with Gasteiger partial charge in [0.2, 0.25) is 0 Å². The zero-order valence-electron chi connectivity index (χ0n) is 14.9. The van der Waals surface area contributed by atoms with Crippen molar-refractivity contribution in [3.8, 4) is 0 Å². The fourth-order valence-electron chi connectivity index (χ4n) is 3.05. The Balaban J connectivity index is 1.56. The largest absolute Gasteiger partial charge is 0.341 e. The van der Waals surface area contributed by atoms with Crippen molar-refractivity contribution in [2.75, 3.05) is 5.32 Å². The minimum atomic E-state index is -0.662. The van der Waals surface area contributed by atoms with E-state index in [0.717, 1.165) is 11.3 Å². The number of amides is 2. The average molecular weight is 340 g/mol. The van der Waals surface area contributed by atoms with E-state index in [-0.39, 0.29) is 6.04 Å². The number of carbonyl (C=O) groups is 2. The van der Waals surface area contributed by atoms with Gasteiger partial charge < -0.3 is 10.6 Å². The zero-order chi connectivity index (χ0) is 18.0. The van der Waals surface area contributed by atoms with Gasteiger partial charge in [0.1, 0.15) is 0 Å². The number of rotatable bonds is 4. The normalized spacial score (nSPS) is 15.3. The van der Waals surface area contributed by atoms with E-state index >= 15 is 0 Å². The number of aromatic nitrogens is 2. The summed E-state index contributed by atoms with van der Waals surface area (Å²) in [6.45, 7) is 3.76. The lowest BCUT2D eigenvalue weighted by molar-refractivity contribution is -0.136. The molecule has 1 unspecified atom stereocenters. The molecule has 2 amide bonds. The number of aryl methyl sites for hydroxylation is 1. The van der Waals surface area contributed by atoms with E-state index in [9.17, 15) is 9.59 Å². The zero-order valence-corrected chi connectivity index (χ0v) is 14.9. The van der Waals surface area contributed by atoms with E-state index in [0.29, 0.717) is 11.6 Å². The Morgan fingerprint density at radius 1 is 1.20 bits per heavy atom. The van der Waals surface area contributed by atoms with E-state index in [1.807, 2.05) is 45.2 Å². The van der Waals surface area contributed by atoms with Gasteiger partial charge in [-0.05, 0) is 50.3 Å². The lowest BCUT2D eigenvalue weighted by atomic mass is 9.80. The monoisotopic (exact) mass is 340 g/mol. The van der Waals surface area contributed by atoms with Crippen molar-refractivity contribution in [3.63, 3.8) is 0 Å². The number of benzene rings is 1. The number of anilines is 1. The summed E-state index contributed by atoms with van der Waals surface area (Å²) in [4.78, 5) is 24.2. The summed E-state index contributed by atoms with van der Waals surface area (Å²) in [6, 6.07) is 7.48. The molecule has 1 fully saturated rings. The van der Waals surface area contributed by atoms with E-state index in [1.165, 1.54) is 24.8 Å². The van der Waals surface area contributed by atoms with Gasteiger partial charge in [0, 0.05) is 24.0 Å². The third kappa shape index (κ3) is 3.73. The first-order valence-corrected chi connectivity index (χ1v) is 8.66. The molecule has 0 aliphatic heterocycles. The highest BCUT2D eigenvalue weighted by Gasteiger charge is 2.21. The minimum Gasteiger partial charge on any atom is -0.341 e. The average Bonchev–Trinajstić information content (AvgIpc) is 2.87. The van der Waals surface area contributed by atoms with Gasteiger partial charge in [-0.25, -0.2) is 0 Å². The summed E-state index contributed by atoms with van der Waals surface area (Å²) >= 11 is 0. The van der Waals surface area contributed by atoms with Gasteiger partial charge in [-0.1, -0.05) is 18.6 Å². The maximum Gasteiger partial charge on any atom is 0.313 e. The number of hydrogen-bond acceptors (Lipinski definition) is 3. The quantitative estimate of drug-likeness (QED) is 0.840. The van der Waals surface area contributed by atoms with E-state index in [4.69, 9.17) is 0 Å². The lowest BCUT2D eigenvalue weighted by Gasteiger charge is -2.25. The molecule has 6 heteroatoms. The van der Waals surface area contributed by atoms with E-state index in [2.05, 4.69) is 15.7 Å². The number of nitrogens with zero attached hydrogens (tertiary/aromatic N) is 2. The van der Waals surface area contributed by atoms with Crippen molar-refractivity contribution in [1.29, 1.82) is 0 Å². The first kappa shape index (κ1) is 17.2. The third-order valence-electron chi connectivity index (χ3n) is 5.04. The van der Waals surface area contributed by atoms with Crippen molar-refractivity contribution in [2.24, 2.45) is 7.05 Å². The summed E-state index contributed by atoms with van der Waals surface area (Å²) in [5.41, 5.74) is 3.79. The second-order valence-electron chi connectivity index (χ2n) is 6.71. The standard InChI is InChI=1S/C19H24N4O2/c1-12(17-11-20-23(3)13(17)2)21-18(24)19(25)22-16-9-7-15(8-10-16)14-5-4-6-14/h7-12,14H,4-6H2,1-3H3,(H,21,24)(H,22,25). The van der Waals surface area contributed by atoms with Crippen LogP contribution in [0.25, 0.3) is 0 Å². The highest BCUT2D eigenvalue weighted by atomic mass is 16.2. The molecule has 132 valence electrons. The van der Waals surface area contributed by atoms with Gasteiger partial charge in [0.05, 0.1) is 12.2 Å². The summed E-state index contributed by atoms with van der Waals surface area (Å²) in [7, 11) is 1.84. The van der Waals surface area contributed by atoms with E-state index < -0.39 is 11.8 Å². The van der Waals surface area contributed by atoms with Crippen molar-refractivity contribution in [1.82, 2.24) is 15.1 Å². The van der Waals surface area contributed by atoms with Crippen LogP contribution < -0.4 is 10.6 Å². The number of hydrogen-bond donors (Lipinski definition) is 2. The van der Waals surface area contributed by atoms with Crippen molar-refractivity contribution >= 4 is 17.5 Å². The maximum atomic E-state index is 12.1. The van der Waals surface area contributed by atoms with Gasteiger partial charge in [0.15, 0.2) is 0 Å². The van der Waals surface area contributed by atoms with Crippen molar-refractivity contribution in [2.45, 2.75) is 45.1 Å². The molecule has 1 heterocycles. The summed E-state index contributed by atoms with van der Waals surface area (Å²) < 4.78 is 1.74. The summed E-state index contributed by atoms with van der Waals surface area (Å²) in [5, 5.41) is 9.52. The molecule has 0 bridgehead atoms.